The summed E-state index contributed by atoms with van der Waals surface area (Å²) < 4.78 is 5.48. The first-order chi connectivity index (χ1) is 9.15. The smallest absolute Gasteiger partial charge is 0.119 e. The highest BCUT2D eigenvalue weighted by atomic mass is 35.5. The first-order valence-electron chi connectivity index (χ1n) is 5.95. The Balaban J connectivity index is 1.90. The number of para-hydroxylation sites is 1. The van der Waals surface area contributed by atoms with Crippen LogP contribution in [0.2, 0.25) is 10.0 Å². The van der Waals surface area contributed by atoms with Crippen LogP contribution in [0, 0.1) is 0 Å². The van der Waals surface area contributed by atoms with E-state index in [9.17, 15) is 5.11 Å². The van der Waals surface area contributed by atoms with Crippen LogP contribution in [-0.2, 0) is 6.42 Å². The predicted octanol–water partition coefficient (Wildman–Crippen LogP) is 3.98. The van der Waals surface area contributed by atoms with Gasteiger partial charge in [-0.05, 0) is 35.9 Å². The Morgan fingerprint density at radius 2 is 1.79 bits per heavy atom. The molecule has 0 saturated heterocycles. The summed E-state index contributed by atoms with van der Waals surface area (Å²) in [6, 6.07) is 14.6. The molecule has 2 rings (SSSR count). The minimum atomic E-state index is -0.629. The van der Waals surface area contributed by atoms with E-state index in [1.54, 1.807) is 18.2 Å². The molecule has 2 aromatic carbocycles. The maximum atomic E-state index is 9.95. The molecule has 100 valence electrons. The zero-order valence-electron chi connectivity index (χ0n) is 10.2. The van der Waals surface area contributed by atoms with Crippen molar-refractivity contribution in [1.29, 1.82) is 0 Å². The second-order valence-electron chi connectivity index (χ2n) is 4.22. The first kappa shape index (κ1) is 14.2. The van der Waals surface area contributed by atoms with Crippen LogP contribution in [0.4, 0.5) is 0 Å². The highest BCUT2D eigenvalue weighted by Crippen LogP contribution is 2.22. The average Bonchev–Trinajstić information content (AvgIpc) is 2.42. The molecule has 1 unspecified atom stereocenters. The molecular formula is C15H14Cl2O2. The van der Waals surface area contributed by atoms with Crippen LogP contribution in [0.3, 0.4) is 0 Å². The lowest BCUT2D eigenvalue weighted by atomic mass is 10.1. The molecule has 19 heavy (non-hydrogen) atoms. The van der Waals surface area contributed by atoms with Crippen molar-refractivity contribution in [2.24, 2.45) is 0 Å². The van der Waals surface area contributed by atoms with Gasteiger partial charge in [0.2, 0.25) is 0 Å². The summed E-state index contributed by atoms with van der Waals surface area (Å²) in [4.78, 5) is 0. The van der Waals surface area contributed by atoms with Gasteiger partial charge in [-0.2, -0.15) is 0 Å². The van der Waals surface area contributed by atoms with E-state index < -0.39 is 6.10 Å². The third-order valence-electron chi connectivity index (χ3n) is 2.65. The summed E-state index contributed by atoms with van der Waals surface area (Å²) >= 11 is 11.9. The zero-order chi connectivity index (χ0) is 13.7. The van der Waals surface area contributed by atoms with Crippen LogP contribution >= 0.6 is 23.2 Å². The monoisotopic (exact) mass is 296 g/mol. The number of hydrogen-bond donors (Lipinski definition) is 1. The molecule has 0 aliphatic heterocycles. The van der Waals surface area contributed by atoms with Crippen molar-refractivity contribution in [3.8, 4) is 5.75 Å². The molecule has 2 nitrogen and oxygen atoms in total. The van der Waals surface area contributed by atoms with E-state index >= 15 is 0 Å². The van der Waals surface area contributed by atoms with Crippen LogP contribution in [0.25, 0.3) is 0 Å². The Morgan fingerprint density at radius 3 is 2.53 bits per heavy atom. The van der Waals surface area contributed by atoms with E-state index in [2.05, 4.69) is 0 Å². The number of aliphatic hydroxyl groups excluding tert-OH is 1. The Bertz CT molecular complexity index is 529. The first-order valence-corrected chi connectivity index (χ1v) is 6.70. The van der Waals surface area contributed by atoms with Gasteiger partial charge in [-0.1, -0.05) is 41.4 Å². The Hall–Kier alpha value is -1.22. The summed E-state index contributed by atoms with van der Waals surface area (Å²) in [5.41, 5.74) is 0.818. The topological polar surface area (TPSA) is 29.5 Å². The van der Waals surface area contributed by atoms with Gasteiger partial charge >= 0.3 is 0 Å². The lowest BCUT2D eigenvalue weighted by molar-refractivity contribution is 0.108. The Morgan fingerprint density at radius 1 is 1.05 bits per heavy atom. The molecule has 0 spiro atoms. The van der Waals surface area contributed by atoms with Crippen LogP contribution in [0.15, 0.2) is 48.5 Å². The highest BCUT2D eigenvalue weighted by Gasteiger charge is 2.10. The fraction of sp³-hybridized carbons (Fsp3) is 0.200. The molecule has 1 atom stereocenters. The SMILES string of the molecule is OC(COc1ccccc1)Cc1cc(Cl)ccc1Cl. The van der Waals surface area contributed by atoms with Gasteiger partial charge in [0.05, 0.1) is 6.10 Å². The predicted molar refractivity (Wildman–Crippen MR) is 78.1 cm³/mol. The molecule has 0 heterocycles. The Kier molecular flexibility index (Phi) is 5.08. The van der Waals surface area contributed by atoms with Crippen LogP contribution < -0.4 is 4.74 Å². The number of hydrogen-bond acceptors (Lipinski definition) is 2. The molecule has 0 amide bonds. The maximum absolute atomic E-state index is 9.95. The van der Waals surface area contributed by atoms with Crippen LogP contribution in [0.5, 0.6) is 5.75 Å². The molecule has 0 aromatic heterocycles. The second kappa shape index (κ2) is 6.80. The standard InChI is InChI=1S/C15H14Cl2O2/c16-12-6-7-15(17)11(8-12)9-13(18)10-19-14-4-2-1-3-5-14/h1-8,13,18H,9-10H2. The van der Waals surface area contributed by atoms with Gasteiger partial charge in [-0.15, -0.1) is 0 Å². The number of ether oxygens (including phenoxy) is 1. The van der Waals surface area contributed by atoms with E-state index in [0.29, 0.717) is 16.5 Å². The number of aliphatic hydroxyl groups is 1. The second-order valence-corrected chi connectivity index (χ2v) is 5.06. The minimum Gasteiger partial charge on any atom is -0.491 e. The van der Waals surface area contributed by atoms with Crippen molar-refractivity contribution in [1.82, 2.24) is 0 Å². The van der Waals surface area contributed by atoms with Gasteiger partial charge in [-0.3, -0.25) is 0 Å². The van der Waals surface area contributed by atoms with Gasteiger partial charge in [0.25, 0.3) is 0 Å². The number of rotatable bonds is 5. The molecule has 0 bridgehead atoms. The maximum Gasteiger partial charge on any atom is 0.119 e. The summed E-state index contributed by atoms with van der Waals surface area (Å²) in [7, 11) is 0. The van der Waals surface area contributed by atoms with E-state index in [1.807, 2.05) is 30.3 Å². The summed E-state index contributed by atoms with van der Waals surface area (Å²) in [6.45, 7) is 0.215. The summed E-state index contributed by atoms with van der Waals surface area (Å²) in [5.74, 6) is 0.735. The van der Waals surface area contributed by atoms with Crippen LogP contribution in [-0.4, -0.2) is 17.8 Å². The lowest BCUT2D eigenvalue weighted by Gasteiger charge is -2.13. The molecule has 0 fully saturated rings. The van der Waals surface area contributed by atoms with Crippen molar-refractivity contribution < 1.29 is 9.84 Å². The lowest BCUT2D eigenvalue weighted by Crippen LogP contribution is -2.20. The van der Waals surface area contributed by atoms with Crippen LogP contribution in [0.1, 0.15) is 5.56 Å². The third kappa shape index (κ3) is 4.43. The third-order valence-corrected chi connectivity index (χ3v) is 3.25. The van der Waals surface area contributed by atoms with E-state index in [-0.39, 0.29) is 6.61 Å². The molecule has 0 saturated carbocycles. The van der Waals surface area contributed by atoms with Gasteiger partial charge < -0.3 is 9.84 Å². The quantitative estimate of drug-likeness (QED) is 0.904. The van der Waals surface area contributed by atoms with Crippen molar-refractivity contribution >= 4 is 23.2 Å². The molecule has 2 aromatic rings. The van der Waals surface area contributed by atoms with Gasteiger partial charge in [0, 0.05) is 16.5 Å². The molecule has 1 N–H and O–H groups in total. The van der Waals surface area contributed by atoms with E-state index in [1.165, 1.54) is 0 Å². The highest BCUT2D eigenvalue weighted by molar-refractivity contribution is 6.33. The fourth-order valence-electron chi connectivity index (χ4n) is 1.72. The van der Waals surface area contributed by atoms with Crippen molar-refractivity contribution in [3.63, 3.8) is 0 Å². The molecule has 4 heteroatoms. The van der Waals surface area contributed by atoms with E-state index in [4.69, 9.17) is 27.9 Å². The fourth-order valence-corrected chi connectivity index (χ4v) is 2.11. The van der Waals surface area contributed by atoms with Gasteiger partial charge in [-0.25, -0.2) is 0 Å². The normalized spacial score (nSPS) is 12.2. The summed E-state index contributed by atoms with van der Waals surface area (Å²) in [6.07, 6.45) is -0.220. The van der Waals surface area contributed by atoms with Crippen molar-refractivity contribution in [3.05, 3.63) is 64.1 Å². The van der Waals surface area contributed by atoms with Gasteiger partial charge in [0.1, 0.15) is 12.4 Å². The van der Waals surface area contributed by atoms with Crippen molar-refractivity contribution in [2.75, 3.05) is 6.61 Å². The summed E-state index contributed by atoms with van der Waals surface area (Å²) in [5, 5.41) is 11.2. The molecule has 0 aliphatic rings. The van der Waals surface area contributed by atoms with Crippen molar-refractivity contribution in [2.45, 2.75) is 12.5 Å². The minimum absolute atomic E-state index is 0.215. The average molecular weight is 297 g/mol. The number of halogens is 2. The molecule has 0 radical (unpaired) electrons. The van der Waals surface area contributed by atoms with Gasteiger partial charge in [0.15, 0.2) is 0 Å². The molecular weight excluding hydrogens is 283 g/mol. The van der Waals surface area contributed by atoms with E-state index in [0.717, 1.165) is 11.3 Å². The Labute approximate surface area is 122 Å². The molecule has 0 aliphatic carbocycles. The largest absolute Gasteiger partial charge is 0.491 e. The zero-order valence-corrected chi connectivity index (χ0v) is 11.7. The number of benzene rings is 2.